The van der Waals surface area contributed by atoms with Gasteiger partial charge in [0.25, 0.3) is 0 Å². The summed E-state index contributed by atoms with van der Waals surface area (Å²) in [6.45, 7) is 2.98. The van der Waals surface area contributed by atoms with Crippen molar-refractivity contribution < 1.29 is 13.2 Å². The molecule has 1 atom stereocenters. The Hall–Kier alpha value is -0.330. The molecule has 96 valence electrons. The van der Waals surface area contributed by atoms with Crippen molar-refractivity contribution in [2.75, 3.05) is 32.4 Å². The Labute approximate surface area is 103 Å². The van der Waals surface area contributed by atoms with Crippen LogP contribution in [-0.2, 0) is 14.6 Å². The minimum Gasteiger partial charge on any atom is -0.340 e. The largest absolute Gasteiger partial charge is 0.340 e. The Morgan fingerprint density at radius 3 is 2.62 bits per heavy atom. The molecule has 0 aliphatic carbocycles. The highest BCUT2D eigenvalue weighted by molar-refractivity contribution is 7.92. The van der Waals surface area contributed by atoms with Crippen molar-refractivity contribution in [1.29, 1.82) is 0 Å². The zero-order valence-electron chi connectivity index (χ0n) is 9.60. The summed E-state index contributed by atoms with van der Waals surface area (Å²) in [6, 6.07) is 0. The number of hydrogen-bond donors (Lipinski definition) is 1. The normalized spacial score (nSPS) is 23.6. The lowest BCUT2D eigenvalue weighted by atomic mass is 10.3. The van der Waals surface area contributed by atoms with E-state index in [1.807, 2.05) is 0 Å². The predicted octanol–water partition coefficient (Wildman–Crippen LogP) is -0.337. The van der Waals surface area contributed by atoms with Crippen LogP contribution in [0.15, 0.2) is 0 Å². The third-order valence-corrected chi connectivity index (χ3v) is 4.80. The second-order valence-corrected chi connectivity index (χ2v) is 6.41. The molecule has 1 aliphatic rings. The SMILES string of the molecule is CNCCC(=O)N1CCS(=O)(=O)C(C)C1.Cl. The summed E-state index contributed by atoms with van der Waals surface area (Å²) in [5.74, 6) is 0.130. The maximum absolute atomic E-state index is 11.6. The van der Waals surface area contributed by atoms with Gasteiger partial charge in [-0.05, 0) is 14.0 Å². The van der Waals surface area contributed by atoms with Gasteiger partial charge in [0.2, 0.25) is 5.91 Å². The molecule has 1 heterocycles. The van der Waals surface area contributed by atoms with Gasteiger partial charge in [-0.3, -0.25) is 4.79 Å². The van der Waals surface area contributed by atoms with E-state index in [1.165, 1.54) is 0 Å². The predicted molar refractivity (Wildman–Crippen MR) is 65.6 cm³/mol. The van der Waals surface area contributed by atoms with Crippen LogP contribution in [0, 0.1) is 0 Å². The molecule has 0 aromatic carbocycles. The fourth-order valence-electron chi connectivity index (χ4n) is 1.57. The summed E-state index contributed by atoms with van der Waals surface area (Å²) < 4.78 is 22.8. The van der Waals surface area contributed by atoms with Crippen molar-refractivity contribution in [3.8, 4) is 0 Å². The molecule has 0 bridgehead atoms. The van der Waals surface area contributed by atoms with E-state index in [4.69, 9.17) is 0 Å². The molecule has 0 aromatic rings. The molecule has 5 nitrogen and oxygen atoms in total. The zero-order chi connectivity index (χ0) is 11.5. The van der Waals surface area contributed by atoms with Gasteiger partial charge >= 0.3 is 0 Å². The molecule has 1 fully saturated rings. The van der Waals surface area contributed by atoms with Gasteiger partial charge in [0.05, 0.1) is 11.0 Å². The number of carbonyl (C=O) groups is 1. The second kappa shape index (κ2) is 6.42. The van der Waals surface area contributed by atoms with Crippen LogP contribution in [0.2, 0.25) is 0 Å². The summed E-state index contributed by atoms with van der Waals surface area (Å²) in [4.78, 5) is 13.2. The molecule has 1 aliphatic heterocycles. The fraction of sp³-hybridized carbons (Fsp3) is 0.889. The van der Waals surface area contributed by atoms with Crippen LogP contribution in [0.1, 0.15) is 13.3 Å². The van der Waals surface area contributed by atoms with Crippen molar-refractivity contribution >= 4 is 28.2 Å². The van der Waals surface area contributed by atoms with Crippen LogP contribution in [0.5, 0.6) is 0 Å². The number of rotatable bonds is 3. The second-order valence-electron chi connectivity index (χ2n) is 3.87. The van der Waals surface area contributed by atoms with Crippen LogP contribution in [0.3, 0.4) is 0 Å². The van der Waals surface area contributed by atoms with Crippen LogP contribution < -0.4 is 5.32 Å². The zero-order valence-corrected chi connectivity index (χ0v) is 11.2. The fourth-order valence-corrected chi connectivity index (χ4v) is 2.85. The summed E-state index contributed by atoms with van der Waals surface area (Å²) >= 11 is 0. The highest BCUT2D eigenvalue weighted by Gasteiger charge is 2.31. The molecular weight excluding hydrogens is 252 g/mol. The van der Waals surface area contributed by atoms with Gasteiger partial charge in [0, 0.05) is 26.1 Å². The molecule has 0 spiro atoms. The van der Waals surface area contributed by atoms with Gasteiger partial charge in [0.1, 0.15) is 0 Å². The van der Waals surface area contributed by atoms with E-state index in [-0.39, 0.29) is 24.1 Å². The lowest BCUT2D eigenvalue weighted by Crippen LogP contribution is -2.48. The Morgan fingerprint density at radius 2 is 2.12 bits per heavy atom. The molecule has 0 radical (unpaired) electrons. The average molecular weight is 271 g/mol. The number of hydrogen-bond acceptors (Lipinski definition) is 4. The number of nitrogens with zero attached hydrogens (tertiary/aromatic N) is 1. The molecule has 7 heteroatoms. The molecule has 0 saturated carbocycles. The van der Waals surface area contributed by atoms with Gasteiger partial charge in [-0.2, -0.15) is 0 Å². The lowest BCUT2D eigenvalue weighted by Gasteiger charge is -2.30. The third kappa shape index (κ3) is 3.92. The monoisotopic (exact) mass is 270 g/mol. The van der Waals surface area contributed by atoms with Gasteiger partial charge < -0.3 is 10.2 Å². The summed E-state index contributed by atoms with van der Waals surface area (Å²) in [5.41, 5.74) is 0. The first kappa shape index (κ1) is 15.7. The van der Waals surface area contributed by atoms with Crippen LogP contribution in [-0.4, -0.2) is 56.9 Å². The summed E-state index contributed by atoms with van der Waals surface area (Å²) in [6.07, 6.45) is 0.434. The van der Waals surface area contributed by atoms with Gasteiger partial charge in [-0.1, -0.05) is 0 Å². The average Bonchev–Trinajstić information content (AvgIpc) is 2.18. The first-order valence-corrected chi connectivity index (χ1v) is 6.83. The highest BCUT2D eigenvalue weighted by Crippen LogP contribution is 2.12. The van der Waals surface area contributed by atoms with Gasteiger partial charge in [-0.15, -0.1) is 12.4 Å². The van der Waals surface area contributed by atoms with Crippen molar-refractivity contribution in [2.24, 2.45) is 0 Å². The van der Waals surface area contributed by atoms with Gasteiger partial charge in [-0.25, -0.2) is 8.42 Å². The standard InChI is InChI=1S/C9H18N2O3S.ClH/c1-8-7-11(5-6-15(8,13)14)9(12)3-4-10-2;/h8,10H,3-7H2,1-2H3;1H. The minimum absolute atomic E-state index is 0. The van der Waals surface area contributed by atoms with Crippen molar-refractivity contribution in [2.45, 2.75) is 18.6 Å². The molecule has 1 rings (SSSR count). The van der Waals surface area contributed by atoms with Crippen LogP contribution >= 0.6 is 12.4 Å². The number of carbonyl (C=O) groups excluding carboxylic acids is 1. The minimum atomic E-state index is -2.96. The lowest BCUT2D eigenvalue weighted by molar-refractivity contribution is -0.131. The van der Waals surface area contributed by atoms with Crippen LogP contribution in [0.4, 0.5) is 0 Å². The van der Waals surface area contributed by atoms with E-state index in [0.717, 1.165) is 0 Å². The smallest absolute Gasteiger partial charge is 0.223 e. The third-order valence-electron chi connectivity index (χ3n) is 2.68. The van der Waals surface area contributed by atoms with Crippen LogP contribution in [0.25, 0.3) is 0 Å². The van der Waals surface area contributed by atoms with E-state index in [2.05, 4.69) is 5.32 Å². The number of sulfone groups is 1. The highest BCUT2D eigenvalue weighted by atomic mass is 35.5. The quantitative estimate of drug-likeness (QED) is 0.762. The number of nitrogens with one attached hydrogen (secondary N) is 1. The maximum Gasteiger partial charge on any atom is 0.223 e. The van der Waals surface area contributed by atoms with E-state index in [9.17, 15) is 13.2 Å². The first-order valence-electron chi connectivity index (χ1n) is 5.11. The molecule has 1 unspecified atom stereocenters. The van der Waals surface area contributed by atoms with Crippen molar-refractivity contribution in [3.63, 3.8) is 0 Å². The van der Waals surface area contributed by atoms with E-state index in [1.54, 1.807) is 18.9 Å². The Morgan fingerprint density at radius 1 is 1.50 bits per heavy atom. The van der Waals surface area contributed by atoms with Crippen molar-refractivity contribution in [1.82, 2.24) is 10.2 Å². The Balaban J connectivity index is 0.00000225. The van der Waals surface area contributed by atoms with E-state index >= 15 is 0 Å². The molecule has 0 aromatic heterocycles. The number of amides is 1. The number of halogens is 1. The maximum atomic E-state index is 11.6. The topological polar surface area (TPSA) is 66.5 Å². The van der Waals surface area contributed by atoms with Crippen molar-refractivity contribution in [3.05, 3.63) is 0 Å². The molecular formula is C9H19ClN2O3S. The van der Waals surface area contributed by atoms with Gasteiger partial charge in [0.15, 0.2) is 9.84 Å². The Kier molecular flexibility index (Phi) is 6.28. The summed E-state index contributed by atoms with van der Waals surface area (Å²) in [7, 11) is -1.17. The first-order chi connectivity index (χ1) is 6.97. The van der Waals surface area contributed by atoms with E-state index in [0.29, 0.717) is 26.1 Å². The molecule has 1 N–H and O–H groups in total. The molecule has 16 heavy (non-hydrogen) atoms. The van der Waals surface area contributed by atoms with E-state index < -0.39 is 15.1 Å². The molecule has 1 amide bonds. The summed E-state index contributed by atoms with van der Waals surface area (Å²) in [5, 5.41) is 2.47. The molecule has 1 saturated heterocycles. The Bertz CT molecular complexity index is 332.